The molecule has 0 radical (unpaired) electrons. The minimum Gasteiger partial charge on any atom is -0.508 e. The van der Waals surface area contributed by atoms with Gasteiger partial charge in [-0.25, -0.2) is 0 Å². The van der Waals surface area contributed by atoms with E-state index >= 15 is 0 Å². The molecule has 1 fully saturated rings. The van der Waals surface area contributed by atoms with Crippen molar-refractivity contribution in [2.75, 3.05) is 26.2 Å². The van der Waals surface area contributed by atoms with E-state index in [0.717, 1.165) is 37.7 Å². The van der Waals surface area contributed by atoms with Gasteiger partial charge in [-0.15, -0.1) is 0 Å². The van der Waals surface area contributed by atoms with E-state index in [1.54, 1.807) is 0 Å². The van der Waals surface area contributed by atoms with Crippen LogP contribution < -0.4 is 5.32 Å². The molecule has 1 heterocycles. The van der Waals surface area contributed by atoms with Crippen LogP contribution in [0.15, 0.2) is 18.2 Å². The van der Waals surface area contributed by atoms with E-state index in [9.17, 15) is 5.11 Å². The van der Waals surface area contributed by atoms with Crippen molar-refractivity contribution in [1.29, 1.82) is 0 Å². The number of aryl methyl sites for hydroxylation is 1. The average molecular weight is 276 g/mol. The minimum absolute atomic E-state index is 0.266. The molecule has 2 N–H and O–H groups in total. The summed E-state index contributed by atoms with van der Waals surface area (Å²) in [6, 6.07) is 6.16. The first kappa shape index (κ1) is 15.3. The summed E-state index contributed by atoms with van der Waals surface area (Å²) in [6.07, 6.45) is 2.60. The van der Waals surface area contributed by atoms with E-state index < -0.39 is 0 Å². The molecule has 1 aromatic rings. The maximum Gasteiger partial charge on any atom is 0.120 e. The largest absolute Gasteiger partial charge is 0.508 e. The van der Waals surface area contributed by atoms with Gasteiger partial charge >= 0.3 is 0 Å². The molecule has 1 saturated heterocycles. The van der Waals surface area contributed by atoms with Gasteiger partial charge in [0.2, 0.25) is 0 Å². The smallest absolute Gasteiger partial charge is 0.120 e. The van der Waals surface area contributed by atoms with Crippen molar-refractivity contribution in [2.45, 2.75) is 39.7 Å². The molecule has 1 aromatic carbocycles. The first-order chi connectivity index (χ1) is 9.61. The van der Waals surface area contributed by atoms with Crippen LogP contribution >= 0.6 is 0 Å². The Bertz CT molecular complexity index is 427. The summed E-state index contributed by atoms with van der Waals surface area (Å²) in [5.41, 5.74) is 2.26. The maximum atomic E-state index is 10.1. The number of benzene rings is 1. The molecule has 2 rings (SSSR count). The van der Waals surface area contributed by atoms with E-state index in [-0.39, 0.29) is 6.04 Å². The normalized spacial score (nSPS) is 21.1. The summed E-state index contributed by atoms with van der Waals surface area (Å²) in [7, 11) is 0. The summed E-state index contributed by atoms with van der Waals surface area (Å²) < 4.78 is 0. The van der Waals surface area contributed by atoms with Crippen molar-refractivity contribution in [3.8, 4) is 5.75 Å². The van der Waals surface area contributed by atoms with Gasteiger partial charge in [-0.3, -0.25) is 4.90 Å². The van der Waals surface area contributed by atoms with Crippen LogP contribution in [-0.4, -0.2) is 36.2 Å². The van der Waals surface area contributed by atoms with Gasteiger partial charge in [0.05, 0.1) is 0 Å². The molecule has 20 heavy (non-hydrogen) atoms. The van der Waals surface area contributed by atoms with Crippen molar-refractivity contribution in [3.05, 3.63) is 29.3 Å². The maximum absolute atomic E-state index is 10.1. The van der Waals surface area contributed by atoms with E-state index in [1.807, 2.05) is 12.1 Å². The zero-order valence-corrected chi connectivity index (χ0v) is 13.0. The predicted molar refractivity (Wildman–Crippen MR) is 84.1 cm³/mol. The second-order valence-corrected chi connectivity index (χ2v) is 6.04. The molecule has 2 atom stereocenters. The third kappa shape index (κ3) is 3.74. The van der Waals surface area contributed by atoms with Crippen LogP contribution in [-0.2, 0) is 0 Å². The molecular formula is C17H28N2O. The van der Waals surface area contributed by atoms with Gasteiger partial charge in [0.25, 0.3) is 0 Å². The van der Waals surface area contributed by atoms with Crippen LogP contribution in [0.25, 0.3) is 0 Å². The van der Waals surface area contributed by atoms with Gasteiger partial charge in [-0.1, -0.05) is 24.6 Å². The first-order valence-corrected chi connectivity index (χ1v) is 7.86. The van der Waals surface area contributed by atoms with Gasteiger partial charge in [0, 0.05) is 18.2 Å². The van der Waals surface area contributed by atoms with E-state index in [4.69, 9.17) is 0 Å². The number of aromatic hydroxyl groups is 1. The van der Waals surface area contributed by atoms with Gasteiger partial charge in [0.15, 0.2) is 0 Å². The van der Waals surface area contributed by atoms with Gasteiger partial charge < -0.3 is 10.4 Å². The highest BCUT2D eigenvalue weighted by atomic mass is 16.3. The third-order valence-corrected chi connectivity index (χ3v) is 4.48. The lowest BCUT2D eigenvalue weighted by molar-refractivity contribution is 0.169. The van der Waals surface area contributed by atoms with Crippen LogP contribution in [0.4, 0.5) is 0 Å². The molecule has 112 valence electrons. The van der Waals surface area contributed by atoms with Crippen molar-refractivity contribution < 1.29 is 5.11 Å². The predicted octanol–water partition coefficient (Wildman–Crippen LogP) is 3.08. The van der Waals surface area contributed by atoms with Gasteiger partial charge in [-0.05, 0) is 58.3 Å². The standard InChI is InChI=1S/C17H28N2O/c1-4-19(12-15-6-5-9-18-11-15)14(3)16-10-13(2)7-8-17(16)20/h7-8,10,14-15,18,20H,4-6,9,11-12H2,1-3H3. The van der Waals surface area contributed by atoms with E-state index in [2.05, 4.69) is 37.1 Å². The van der Waals surface area contributed by atoms with Crippen molar-refractivity contribution in [3.63, 3.8) is 0 Å². The van der Waals surface area contributed by atoms with Gasteiger partial charge in [-0.2, -0.15) is 0 Å². The molecule has 0 aromatic heterocycles. The highest BCUT2D eigenvalue weighted by molar-refractivity contribution is 5.37. The summed E-state index contributed by atoms with van der Waals surface area (Å²) >= 11 is 0. The number of piperidine rings is 1. The number of phenols is 1. The molecule has 0 aliphatic carbocycles. The van der Waals surface area contributed by atoms with Crippen LogP contribution in [0.5, 0.6) is 5.75 Å². The highest BCUT2D eigenvalue weighted by Crippen LogP contribution is 2.30. The Morgan fingerprint density at radius 1 is 1.45 bits per heavy atom. The van der Waals surface area contributed by atoms with E-state index in [0.29, 0.717) is 5.75 Å². The lowest BCUT2D eigenvalue weighted by atomic mass is 9.97. The molecule has 0 bridgehead atoms. The van der Waals surface area contributed by atoms with Crippen molar-refractivity contribution in [2.24, 2.45) is 5.92 Å². The number of hydrogen-bond donors (Lipinski definition) is 2. The quantitative estimate of drug-likeness (QED) is 0.867. The Balaban J connectivity index is 2.07. The highest BCUT2D eigenvalue weighted by Gasteiger charge is 2.22. The fraction of sp³-hybridized carbons (Fsp3) is 0.647. The summed E-state index contributed by atoms with van der Waals surface area (Å²) in [5, 5.41) is 13.6. The molecule has 2 unspecified atom stereocenters. The molecular weight excluding hydrogens is 248 g/mol. The van der Waals surface area contributed by atoms with Gasteiger partial charge in [0.1, 0.15) is 5.75 Å². The van der Waals surface area contributed by atoms with Crippen molar-refractivity contribution >= 4 is 0 Å². The molecule has 3 heteroatoms. The summed E-state index contributed by atoms with van der Waals surface area (Å²) in [5.74, 6) is 1.15. The van der Waals surface area contributed by atoms with E-state index in [1.165, 1.54) is 18.4 Å². The average Bonchev–Trinajstić information content (AvgIpc) is 2.47. The molecule has 0 saturated carbocycles. The SMILES string of the molecule is CCN(CC1CCCNC1)C(C)c1cc(C)ccc1O. The Labute approximate surface area is 123 Å². The van der Waals surface area contributed by atoms with Crippen LogP contribution in [0, 0.1) is 12.8 Å². The number of nitrogens with one attached hydrogen (secondary N) is 1. The zero-order chi connectivity index (χ0) is 14.5. The Kier molecular flexibility index (Phi) is 5.44. The number of hydrogen-bond acceptors (Lipinski definition) is 3. The van der Waals surface area contributed by atoms with Crippen LogP contribution in [0.1, 0.15) is 43.9 Å². The molecule has 0 spiro atoms. The number of nitrogens with zero attached hydrogens (tertiary/aromatic N) is 1. The third-order valence-electron chi connectivity index (χ3n) is 4.48. The van der Waals surface area contributed by atoms with Crippen LogP contribution in [0.3, 0.4) is 0 Å². The Morgan fingerprint density at radius 3 is 2.90 bits per heavy atom. The monoisotopic (exact) mass is 276 g/mol. The molecule has 1 aliphatic heterocycles. The summed E-state index contributed by atoms with van der Waals surface area (Å²) in [6.45, 7) is 10.9. The number of phenolic OH excluding ortho intramolecular Hbond substituents is 1. The fourth-order valence-corrected chi connectivity index (χ4v) is 3.18. The van der Waals surface area contributed by atoms with Crippen LogP contribution in [0.2, 0.25) is 0 Å². The fourth-order valence-electron chi connectivity index (χ4n) is 3.18. The molecule has 0 amide bonds. The minimum atomic E-state index is 0.266. The lowest BCUT2D eigenvalue weighted by Crippen LogP contribution is -2.39. The van der Waals surface area contributed by atoms with Crippen molar-refractivity contribution in [1.82, 2.24) is 10.2 Å². The molecule has 3 nitrogen and oxygen atoms in total. The lowest BCUT2D eigenvalue weighted by Gasteiger charge is -2.34. The zero-order valence-electron chi connectivity index (χ0n) is 13.0. The Morgan fingerprint density at radius 2 is 2.25 bits per heavy atom. The second kappa shape index (κ2) is 7.09. The first-order valence-electron chi connectivity index (χ1n) is 7.86. The topological polar surface area (TPSA) is 35.5 Å². The number of rotatable bonds is 5. The molecule has 1 aliphatic rings. The second-order valence-electron chi connectivity index (χ2n) is 6.04. The summed E-state index contributed by atoms with van der Waals surface area (Å²) in [4.78, 5) is 2.48. The Hall–Kier alpha value is -1.06.